The monoisotopic (exact) mass is 405 g/mol. The van der Waals surface area contributed by atoms with Gasteiger partial charge in [-0.3, -0.25) is 14.3 Å². The molecule has 0 radical (unpaired) electrons. The summed E-state index contributed by atoms with van der Waals surface area (Å²) in [4.78, 5) is 23.4. The van der Waals surface area contributed by atoms with Crippen LogP contribution in [0.4, 0.5) is 5.69 Å². The Hall–Kier alpha value is -3.14. The van der Waals surface area contributed by atoms with Crippen LogP contribution in [0.15, 0.2) is 52.2 Å². The van der Waals surface area contributed by atoms with Gasteiger partial charge in [0.15, 0.2) is 0 Å². The van der Waals surface area contributed by atoms with Crippen LogP contribution in [0.2, 0.25) is 0 Å². The molecule has 0 spiro atoms. The van der Waals surface area contributed by atoms with Crippen molar-refractivity contribution in [2.24, 2.45) is 5.10 Å². The lowest BCUT2D eigenvalue weighted by atomic mass is 10.0. The summed E-state index contributed by atoms with van der Waals surface area (Å²) >= 11 is 0. The maximum atomic E-state index is 12.5. The Morgan fingerprint density at radius 1 is 1.25 bits per heavy atom. The number of rotatable bonds is 7. The number of hydrogen-bond donors (Lipinski definition) is 2. The number of anilines is 1. The number of sulfonamides is 1. The zero-order valence-electron chi connectivity index (χ0n) is 15.0. The van der Waals surface area contributed by atoms with Crippen LogP contribution < -0.4 is 4.72 Å². The topological polar surface area (TPSA) is 129 Å². The Bertz CT molecular complexity index is 1010. The van der Waals surface area contributed by atoms with Gasteiger partial charge in [0.1, 0.15) is 11.8 Å². The van der Waals surface area contributed by atoms with Crippen molar-refractivity contribution in [3.8, 4) is 0 Å². The third-order valence-corrected chi connectivity index (χ3v) is 4.71. The van der Waals surface area contributed by atoms with Gasteiger partial charge in [0.05, 0.1) is 30.3 Å². The van der Waals surface area contributed by atoms with E-state index in [1.54, 1.807) is 36.4 Å². The Morgan fingerprint density at radius 2 is 2.00 bits per heavy atom. The largest absolute Gasteiger partial charge is 0.481 e. The Labute approximate surface area is 161 Å². The van der Waals surface area contributed by atoms with Crippen LogP contribution in [0, 0.1) is 0 Å². The first-order chi connectivity index (χ1) is 13.2. The molecule has 3 rings (SSSR count). The van der Waals surface area contributed by atoms with E-state index in [-0.39, 0.29) is 12.8 Å². The number of benzene rings is 1. The summed E-state index contributed by atoms with van der Waals surface area (Å²) in [5.41, 5.74) is 1.39. The number of hydrazone groups is 1. The molecular weight excluding hydrogens is 386 g/mol. The second-order valence-corrected chi connectivity index (χ2v) is 8.08. The number of para-hydroxylation sites is 1. The predicted molar refractivity (Wildman–Crippen MR) is 101 cm³/mol. The van der Waals surface area contributed by atoms with Gasteiger partial charge in [0.25, 0.3) is 0 Å². The van der Waals surface area contributed by atoms with Gasteiger partial charge in [-0.05, 0) is 18.2 Å². The number of nitrogens with zero attached hydrogens (tertiary/aromatic N) is 2. The number of nitrogens with one attached hydrogen (secondary N) is 1. The molecular formula is C18H19N3O6S. The third kappa shape index (κ3) is 4.58. The summed E-state index contributed by atoms with van der Waals surface area (Å²) < 4.78 is 31.2. The molecule has 0 saturated carbocycles. The van der Waals surface area contributed by atoms with Crippen molar-refractivity contribution in [3.05, 3.63) is 54.0 Å². The van der Waals surface area contributed by atoms with E-state index >= 15 is 0 Å². The molecule has 0 aliphatic carbocycles. The molecule has 10 heteroatoms. The zero-order chi connectivity index (χ0) is 20.3. The van der Waals surface area contributed by atoms with Crippen LogP contribution in [0.5, 0.6) is 0 Å². The fourth-order valence-corrected chi connectivity index (χ4v) is 3.53. The maximum absolute atomic E-state index is 12.5. The molecule has 1 aromatic carbocycles. The van der Waals surface area contributed by atoms with Crippen molar-refractivity contribution in [1.29, 1.82) is 0 Å². The van der Waals surface area contributed by atoms with E-state index in [1.165, 1.54) is 11.3 Å². The standard InChI is InChI=1S/C18H19N3O6S/c1-28(25,26)20-13-6-3-2-5-12(13)14-11-15(16-7-4-10-27-16)21(19-14)17(22)8-9-18(23)24/h2-7,10,15,20H,8-9,11H2,1H3,(H,23,24)/t15-/m0/s1. The van der Waals surface area contributed by atoms with Crippen LogP contribution in [-0.4, -0.2) is 42.4 Å². The van der Waals surface area contributed by atoms with E-state index in [9.17, 15) is 18.0 Å². The van der Waals surface area contributed by atoms with E-state index in [0.717, 1.165) is 6.26 Å². The molecule has 0 saturated heterocycles. The van der Waals surface area contributed by atoms with Gasteiger partial charge in [-0.15, -0.1) is 0 Å². The van der Waals surface area contributed by atoms with Crippen molar-refractivity contribution in [2.45, 2.75) is 25.3 Å². The minimum Gasteiger partial charge on any atom is -0.481 e. The first kappa shape index (κ1) is 19.6. The molecule has 1 aromatic heterocycles. The van der Waals surface area contributed by atoms with Gasteiger partial charge in [0.2, 0.25) is 15.9 Å². The number of carbonyl (C=O) groups is 2. The van der Waals surface area contributed by atoms with Crippen LogP contribution in [-0.2, 0) is 19.6 Å². The summed E-state index contributed by atoms with van der Waals surface area (Å²) in [6.07, 6.45) is 2.32. The van der Waals surface area contributed by atoms with Crippen molar-refractivity contribution in [2.75, 3.05) is 11.0 Å². The highest BCUT2D eigenvalue weighted by molar-refractivity contribution is 7.92. The summed E-state index contributed by atoms with van der Waals surface area (Å²) in [6, 6.07) is 9.60. The molecule has 28 heavy (non-hydrogen) atoms. The quantitative estimate of drug-likeness (QED) is 0.726. The minimum atomic E-state index is -3.50. The number of carboxylic acid groups (broad SMARTS) is 1. The molecule has 0 unspecified atom stereocenters. The molecule has 1 aliphatic rings. The smallest absolute Gasteiger partial charge is 0.303 e. The van der Waals surface area contributed by atoms with Crippen molar-refractivity contribution < 1.29 is 27.5 Å². The molecule has 0 fully saturated rings. The lowest BCUT2D eigenvalue weighted by Gasteiger charge is -2.19. The molecule has 1 aliphatic heterocycles. The number of hydrogen-bond acceptors (Lipinski definition) is 6. The van der Waals surface area contributed by atoms with Gasteiger partial charge in [-0.2, -0.15) is 5.10 Å². The average Bonchev–Trinajstić information content (AvgIpc) is 3.28. The molecule has 2 N–H and O–H groups in total. The van der Waals surface area contributed by atoms with E-state index in [0.29, 0.717) is 29.1 Å². The van der Waals surface area contributed by atoms with Gasteiger partial charge in [0, 0.05) is 18.4 Å². The van der Waals surface area contributed by atoms with Crippen LogP contribution in [0.1, 0.15) is 36.6 Å². The first-order valence-corrected chi connectivity index (χ1v) is 10.4. The molecule has 148 valence electrons. The van der Waals surface area contributed by atoms with Crippen molar-refractivity contribution >= 4 is 33.3 Å². The number of aliphatic carboxylic acids is 1. The SMILES string of the molecule is CS(=O)(=O)Nc1ccccc1C1=NN(C(=O)CCC(=O)O)[C@H](c2ccco2)C1. The number of carbonyl (C=O) groups excluding carboxylic acids is 1. The fourth-order valence-electron chi connectivity index (χ4n) is 2.96. The van der Waals surface area contributed by atoms with Crippen LogP contribution >= 0.6 is 0 Å². The minimum absolute atomic E-state index is 0.202. The Balaban J connectivity index is 1.95. The molecule has 9 nitrogen and oxygen atoms in total. The van der Waals surface area contributed by atoms with Gasteiger partial charge >= 0.3 is 5.97 Å². The van der Waals surface area contributed by atoms with Gasteiger partial charge in [-0.25, -0.2) is 13.4 Å². The summed E-state index contributed by atoms with van der Waals surface area (Å²) in [5.74, 6) is -1.02. The molecule has 2 heterocycles. The third-order valence-electron chi connectivity index (χ3n) is 4.12. The first-order valence-electron chi connectivity index (χ1n) is 8.46. The molecule has 1 atom stereocenters. The summed E-state index contributed by atoms with van der Waals surface area (Å²) in [6.45, 7) is 0. The van der Waals surface area contributed by atoms with E-state index in [2.05, 4.69) is 9.82 Å². The zero-order valence-corrected chi connectivity index (χ0v) is 15.8. The van der Waals surface area contributed by atoms with Crippen molar-refractivity contribution in [1.82, 2.24) is 5.01 Å². The normalized spacial score (nSPS) is 16.7. The van der Waals surface area contributed by atoms with Crippen molar-refractivity contribution in [3.63, 3.8) is 0 Å². The average molecular weight is 405 g/mol. The number of carboxylic acids is 1. The number of furan rings is 1. The van der Waals surface area contributed by atoms with E-state index < -0.39 is 27.9 Å². The number of amides is 1. The maximum Gasteiger partial charge on any atom is 0.303 e. The predicted octanol–water partition coefficient (Wildman–Crippen LogP) is 2.19. The van der Waals surface area contributed by atoms with E-state index in [4.69, 9.17) is 9.52 Å². The summed E-state index contributed by atoms with van der Waals surface area (Å²) in [7, 11) is -3.50. The molecule has 0 bridgehead atoms. The van der Waals surface area contributed by atoms with E-state index in [1.807, 2.05) is 0 Å². The highest BCUT2D eigenvalue weighted by Gasteiger charge is 2.35. The Morgan fingerprint density at radius 3 is 2.64 bits per heavy atom. The highest BCUT2D eigenvalue weighted by atomic mass is 32.2. The van der Waals surface area contributed by atoms with Gasteiger partial charge in [-0.1, -0.05) is 18.2 Å². The molecule has 1 amide bonds. The summed E-state index contributed by atoms with van der Waals surface area (Å²) in [5, 5.41) is 14.4. The van der Waals surface area contributed by atoms with Crippen LogP contribution in [0.25, 0.3) is 0 Å². The van der Waals surface area contributed by atoms with Gasteiger partial charge < -0.3 is 9.52 Å². The molecule has 2 aromatic rings. The lowest BCUT2D eigenvalue weighted by molar-refractivity contribution is -0.141. The lowest BCUT2D eigenvalue weighted by Crippen LogP contribution is -2.27. The second kappa shape index (κ2) is 7.85. The second-order valence-electron chi connectivity index (χ2n) is 6.33. The highest BCUT2D eigenvalue weighted by Crippen LogP contribution is 2.35. The Kier molecular flexibility index (Phi) is 5.50. The van der Waals surface area contributed by atoms with Crippen LogP contribution in [0.3, 0.4) is 0 Å². The fraction of sp³-hybridized carbons (Fsp3) is 0.278.